The van der Waals surface area contributed by atoms with Crippen molar-refractivity contribution in [1.29, 1.82) is 0 Å². The van der Waals surface area contributed by atoms with E-state index in [0.717, 1.165) is 12.8 Å². The summed E-state index contributed by atoms with van der Waals surface area (Å²) >= 11 is 0. The number of amides is 1. The lowest BCUT2D eigenvalue weighted by Crippen LogP contribution is -2.36. The van der Waals surface area contributed by atoms with Gasteiger partial charge in [0.2, 0.25) is 0 Å². The highest BCUT2D eigenvalue weighted by molar-refractivity contribution is 5.96. The molecule has 5 nitrogen and oxygen atoms in total. The number of aromatic hydroxyl groups is 1. The average Bonchev–Trinajstić information content (AvgIpc) is 2.45. The molecule has 2 atom stereocenters. The van der Waals surface area contributed by atoms with E-state index >= 15 is 0 Å². The van der Waals surface area contributed by atoms with Crippen LogP contribution in [-0.2, 0) is 0 Å². The summed E-state index contributed by atoms with van der Waals surface area (Å²) in [5.41, 5.74) is 6.05. The maximum atomic E-state index is 12.0. The Bertz CT molecular complexity index is 436. The summed E-state index contributed by atoms with van der Waals surface area (Å²) in [6, 6.07) is 1.52. The molecule has 0 bridgehead atoms. The Balaban J connectivity index is 1.91. The van der Waals surface area contributed by atoms with Gasteiger partial charge in [-0.3, -0.25) is 9.78 Å². The molecule has 2 rings (SSSR count). The fourth-order valence-electron chi connectivity index (χ4n) is 2.76. The first-order valence-electron chi connectivity index (χ1n) is 6.83. The van der Waals surface area contributed by atoms with Gasteiger partial charge in [0, 0.05) is 12.7 Å². The molecular weight excluding hydrogens is 242 g/mol. The molecule has 19 heavy (non-hydrogen) atoms. The van der Waals surface area contributed by atoms with E-state index in [1.807, 2.05) is 0 Å². The monoisotopic (exact) mass is 263 g/mol. The molecule has 1 aromatic heterocycles. The van der Waals surface area contributed by atoms with Crippen molar-refractivity contribution in [3.05, 3.63) is 24.0 Å². The van der Waals surface area contributed by atoms with E-state index in [9.17, 15) is 9.90 Å². The zero-order valence-electron chi connectivity index (χ0n) is 11.0. The number of rotatable bonds is 4. The standard InChI is InChI=1S/C14H21N3O2/c15-7-10-3-1-2-4-11(10)8-17-14(19)12-5-6-16-9-13(12)18/h5-6,9-11,18H,1-4,7-8,15H2,(H,17,19). The van der Waals surface area contributed by atoms with Crippen molar-refractivity contribution in [1.82, 2.24) is 10.3 Å². The number of hydrogen-bond donors (Lipinski definition) is 3. The maximum Gasteiger partial charge on any atom is 0.255 e. The molecule has 1 heterocycles. The van der Waals surface area contributed by atoms with Crippen molar-refractivity contribution >= 4 is 5.91 Å². The number of carbonyl (C=O) groups excluding carboxylic acids is 1. The van der Waals surface area contributed by atoms with Crippen LogP contribution in [0.3, 0.4) is 0 Å². The summed E-state index contributed by atoms with van der Waals surface area (Å²) in [6.45, 7) is 1.31. The lowest BCUT2D eigenvalue weighted by Gasteiger charge is -2.30. The summed E-state index contributed by atoms with van der Waals surface area (Å²) in [7, 11) is 0. The summed E-state index contributed by atoms with van der Waals surface area (Å²) in [5.74, 6) is 0.618. The van der Waals surface area contributed by atoms with Crippen molar-refractivity contribution in [2.45, 2.75) is 25.7 Å². The zero-order chi connectivity index (χ0) is 13.7. The number of aromatic nitrogens is 1. The fraction of sp³-hybridized carbons (Fsp3) is 0.571. The Kier molecular flexibility index (Phi) is 4.74. The number of hydrogen-bond acceptors (Lipinski definition) is 4. The van der Waals surface area contributed by atoms with Crippen molar-refractivity contribution < 1.29 is 9.90 Å². The maximum absolute atomic E-state index is 12.0. The minimum atomic E-state index is -0.249. The first kappa shape index (κ1) is 13.8. The highest BCUT2D eigenvalue weighted by atomic mass is 16.3. The lowest BCUT2D eigenvalue weighted by atomic mass is 9.79. The fourth-order valence-corrected chi connectivity index (χ4v) is 2.76. The number of carbonyl (C=O) groups is 1. The van der Waals surface area contributed by atoms with Crippen LogP contribution < -0.4 is 11.1 Å². The van der Waals surface area contributed by atoms with Gasteiger partial charge < -0.3 is 16.2 Å². The highest BCUT2D eigenvalue weighted by Gasteiger charge is 2.24. The van der Waals surface area contributed by atoms with Crippen molar-refractivity contribution in [2.75, 3.05) is 13.1 Å². The lowest BCUT2D eigenvalue weighted by molar-refractivity contribution is 0.0932. The molecule has 1 saturated carbocycles. The van der Waals surface area contributed by atoms with Crippen LogP contribution in [-0.4, -0.2) is 29.1 Å². The van der Waals surface area contributed by atoms with Gasteiger partial charge in [0.25, 0.3) is 5.91 Å². The molecule has 4 N–H and O–H groups in total. The number of pyridine rings is 1. The molecular formula is C14H21N3O2. The van der Waals surface area contributed by atoms with E-state index in [2.05, 4.69) is 10.3 Å². The minimum Gasteiger partial charge on any atom is -0.505 e. The molecule has 1 amide bonds. The molecule has 1 fully saturated rings. The third-order valence-corrected chi connectivity index (χ3v) is 3.94. The van der Waals surface area contributed by atoms with Gasteiger partial charge in [0.1, 0.15) is 5.75 Å². The van der Waals surface area contributed by atoms with E-state index < -0.39 is 0 Å². The van der Waals surface area contributed by atoms with Gasteiger partial charge >= 0.3 is 0 Å². The Morgan fingerprint density at radius 2 is 2.16 bits per heavy atom. The number of nitrogens with one attached hydrogen (secondary N) is 1. The minimum absolute atomic E-state index is 0.0842. The summed E-state index contributed by atoms with van der Waals surface area (Å²) in [5, 5.41) is 12.5. The summed E-state index contributed by atoms with van der Waals surface area (Å²) in [6.07, 6.45) is 7.48. The smallest absolute Gasteiger partial charge is 0.255 e. The number of nitrogens with zero attached hydrogens (tertiary/aromatic N) is 1. The van der Waals surface area contributed by atoms with Gasteiger partial charge in [-0.05, 0) is 37.3 Å². The molecule has 0 spiro atoms. The van der Waals surface area contributed by atoms with E-state index in [1.54, 1.807) is 0 Å². The average molecular weight is 263 g/mol. The third kappa shape index (κ3) is 3.44. The molecule has 0 aliphatic heterocycles. The Hall–Kier alpha value is -1.62. The van der Waals surface area contributed by atoms with Crippen LogP contribution in [0.15, 0.2) is 18.5 Å². The van der Waals surface area contributed by atoms with Gasteiger partial charge in [0.15, 0.2) is 0 Å². The quantitative estimate of drug-likeness (QED) is 0.763. The molecule has 1 aliphatic rings. The van der Waals surface area contributed by atoms with Gasteiger partial charge in [-0.1, -0.05) is 12.8 Å². The second kappa shape index (κ2) is 6.52. The molecule has 2 unspecified atom stereocenters. The second-order valence-electron chi connectivity index (χ2n) is 5.14. The predicted octanol–water partition coefficient (Wildman–Crippen LogP) is 1.28. The van der Waals surface area contributed by atoms with Gasteiger partial charge in [0.05, 0.1) is 11.8 Å². The molecule has 0 saturated heterocycles. The van der Waals surface area contributed by atoms with E-state index in [1.165, 1.54) is 31.3 Å². The van der Waals surface area contributed by atoms with Crippen LogP contribution in [0.5, 0.6) is 5.75 Å². The Morgan fingerprint density at radius 3 is 2.84 bits per heavy atom. The van der Waals surface area contributed by atoms with Crippen LogP contribution in [0.2, 0.25) is 0 Å². The molecule has 1 aliphatic carbocycles. The molecule has 5 heteroatoms. The van der Waals surface area contributed by atoms with Gasteiger partial charge in [-0.15, -0.1) is 0 Å². The normalized spacial score (nSPS) is 23.0. The summed E-state index contributed by atoms with van der Waals surface area (Å²) < 4.78 is 0. The Morgan fingerprint density at radius 1 is 1.42 bits per heavy atom. The van der Waals surface area contributed by atoms with Gasteiger partial charge in [-0.25, -0.2) is 0 Å². The van der Waals surface area contributed by atoms with Crippen molar-refractivity contribution in [3.63, 3.8) is 0 Å². The van der Waals surface area contributed by atoms with Crippen LogP contribution in [0.25, 0.3) is 0 Å². The van der Waals surface area contributed by atoms with Gasteiger partial charge in [-0.2, -0.15) is 0 Å². The van der Waals surface area contributed by atoms with Crippen molar-refractivity contribution in [2.24, 2.45) is 17.6 Å². The SMILES string of the molecule is NCC1CCCCC1CNC(=O)c1ccncc1O. The van der Waals surface area contributed by atoms with E-state index in [0.29, 0.717) is 24.9 Å². The summed E-state index contributed by atoms with van der Waals surface area (Å²) in [4.78, 5) is 15.7. The number of nitrogens with two attached hydrogens (primary N) is 1. The van der Waals surface area contributed by atoms with Crippen LogP contribution in [0, 0.1) is 11.8 Å². The second-order valence-corrected chi connectivity index (χ2v) is 5.14. The van der Waals surface area contributed by atoms with Crippen LogP contribution >= 0.6 is 0 Å². The van der Waals surface area contributed by atoms with Crippen LogP contribution in [0.4, 0.5) is 0 Å². The molecule has 104 valence electrons. The Labute approximate surface area is 113 Å². The first-order chi connectivity index (χ1) is 9.22. The topological polar surface area (TPSA) is 88.2 Å². The predicted molar refractivity (Wildman–Crippen MR) is 72.7 cm³/mol. The third-order valence-electron chi connectivity index (χ3n) is 3.94. The zero-order valence-corrected chi connectivity index (χ0v) is 11.0. The highest BCUT2D eigenvalue weighted by Crippen LogP contribution is 2.28. The van der Waals surface area contributed by atoms with Crippen molar-refractivity contribution in [3.8, 4) is 5.75 Å². The largest absolute Gasteiger partial charge is 0.505 e. The molecule has 0 radical (unpaired) electrons. The van der Waals surface area contributed by atoms with E-state index in [-0.39, 0.29) is 17.2 Å². The molecule has 0 aromatic carbocycles. The van der Waals surface area contributed by atoms with Crippen LogP contribution in [0.1, 0.15) is 36.0 Å². The first-order valence-corrected chi connectivity index (χ1v) is 6.83. The molecule has 1 aromatic rings. The van der Waals surface area contributed by atoms with E-state index in [4.69, 9.17) is 5.73 Å².